The van der Waals surface area contributed by atoms with Crippen LogP contribution in [0.1, 0.15) is 12.1 Å². The van der Waals surface area contributed by atoms with Crippen molar-refractivity contribution in [3.05, 3.63) is 65.0 Å². The molecule has 30 heavy (non-hydrogen) atoms. The number of rotatable bonds is 3. The first-order valence-corrected chi connectivity index (χ1v) is 11.1. The lowest BCUT2D eigenvalue weighted by Gasteiger charge is -2.13. The Labute approximate surface area is 178 Å². The molecule has 0 spiro atoms. The molecule has 0 bridgehead atoms. The van der Waals surface area contributed by atoms with Crippen molar-refractivity contribution >= 4 is 38.8 Å². The molecule has 0 atom stereocenters. The molecule has 5 heterocycles. The van der Waals surface area contributed by atoms with Crippen LogP contribution < -0.4 is 5.32 Å². The summed E-state index contributed by atoms with van der Waals surface area (Å²) >= 11 is 1.72. The molecule has 6 rings (SSSR count). The molecule has 0 radical (unpaired) electrons. The van der Waals surface area contributed by atoms with E-state index >= 15 is 0 Å². The van der Waals surface area contributed by atoms with Crippen molar-refractivity contribution in [1.82, 2.24) is 25.1 Å². The fourth-order valence-electron chi connectivity index (χ4n) is 4.31. The highest BCUT2D eigenvalue weighted by Crippen LogP contribution is 2.35. The number of aromatic nitrogens is 4. The van der Waals surface area contributed by atoms with Crippen LogP contribution in [0.2, 0.25) is 0 Å². The SMILES string of the molecule is Cn1nc(-c2cc3c(-c4ccsc4)cccc3[nH]2)c2nc(C3=CCNCC3)ccc21. The van der Waals surface area contributed by atoms with E-state index in [4.69, 9.17) is 10.1 Å². The van der Waals surface area contributed by atoms with Crippen molar-refractivity contribution in [2.45, 2.75) is 6.42 Å². The quantitative estimate of drug-likeness (QED) is 0.428. The minimum atomic E-state index is 0.899. The number of nitrogens with one attached hydrogen (secondary N) is 2. The number of hydrogen-bond acceptors (Lipinski definition) is 4. The van der Waals surface area contributed by atoms with Crippen LogP contribution in [0.3, 0.4) is 0 Å². The van der Waals surface area contributed by atoms with Crippen molar-refractivity contribution < 1.29 is 0 Å². The molecule has 5 nitrogen and oxygen atoms in total. The molecule has 1 aliphatic rings. The number of benzene rings is 1. The van der Waals surface area contributed by atoms with E-state index in [1.54, 1.807) is 11.3 Å². The molecule has 5 aromatic rings. The fraction of sp³-hybridized carbons (Fsp3) is 0.167. The highest BCUT2D eigenvalue weighted by Gasteiger charge is 2.17. The van der Waals surface area contributed by atoms with Crippen LogP contribution in [-0.4, -0.2) is 32.8 Å². The highest BCUT2D eigenvalue weighted by molar-refractivity contribution is 7.08. The average molecular weight is 412 g/mol. The Bertz CT molecular complexity index is 1400. The fourth-order valence-corrected chi connectivity index (χ4v) is 4.96. The maximum atomic E-state index is 5.04. The molecule has 148 valence electrons. The van der Waals surface area contributed by atoms with E-state index in [0.29, 0.717) is 0 Å². The summed E-state index contributed by atoms with van der Waals surface area (Å²) in [5, 5.41) is 13.7. The third kappa shape index (κ3) is 2.80. The molecule has 0 saturated heterocycles. The third-order valence-corrected chi connectivity index (χ3v) is 6.52. The largest absolute Gasteiger partial charge is 0.353 e. The van der Waals surface area contributed by atoms with Gasteiger partial charge in [0.2, 0.25) is 0 Å². The summed E-state index contributed by atoms with van der Waals surface area (Å²) < 4.78 is 1.92. The summed E-state index contributed by atoms with van der Waals surface area (Å²) in [5.41, 5.74) is 9.85. The molecule has 1 aromatic carbocycles. The summed E-state index contributed by atoms with van der Waals surface area (Å²) in [5.74, 6) is 0. The molecule has 2 N–H and O–H groups in total. The van der Waals surface area contributed by atoms with Crippen molar-refractivity contribution in [2.75, 3.05) is 13.1 Å². The van der Waals surface area contributed by atoms with Gasteiger partial charge in [-0.15, -0.1) is 0 Å². The number of thiophene rings is 1. The van der Waals surface area contributed by atoms with Gasteiger partial charge < -0.3 is 10.3 Å². The second-order valence-corrected chi connectivity index (χ2v) is 8.46. The second-order valence-electron chi connectivity index (χ2n) is 7.68. The van der Waals surface area contributed by atoms with Gasteiger partial charge in [-0.3, -0.25) is 4.68 Å². The maximum Gasteiger partial charge on any atom is 0.135 e. The normalized spacial score (nSPS) is 14.5. The van der Waals surface area contributed by atoms with Crippen molar-refractivity contribution in [3.8, 4) is 22.5 Å². The van der Waals surface area contributed by atoms with E-state index in [9.17, 15) is 0 Å². The Hall–Kier alpha value is -3.22. The zero-order valence-electron chi connectivity index (χ0n) is 16.6. The number of hydrogen-bond donors (Lipinski definition) is 2. The molecular weight excluding hydrogens is 390 g/mol. The van der Waals surface area contributed by atoms with Crippen LogP contribution in [0, 0.1) is 0 Å². The number of fused-ring (bicyclic) bond motifs is 2. The van der Waals surface area contributed by atoms with Crippen LogP contribution >= 0.6 is 11.3 Å². The number of aromatic amines is 1. The molecule has 0 unspecified atom stereocenters. The van der Waals surface area contributed by atoms with Gasteiger partial charge in [-0.05, 0) is 70.8 Å². The van der Waals surface area contributed by atoms with Gasteiger partial charge in [0.1, 0.15) is 11.2 Å². The third-order valence-electron chi connectivity index (χ3n) is 5.84. The van der Waals surface area contributed by atoms with Gasteiger partial charge in [0.15, 0.2) is 0 Å². The molecular formula is C24H21N5S. The van der Waals surface area contributed by atoms with E-state index in [0.717, 1.165) is 53.1 Å². The number of H-pyrrole nitrogens is 1. The van der Waals surface area contributed by atoms with Crippen LogP contribution in [0.5, 0.6) is 0 Å². The van der Waals surface area contributed by atoms with Gasteiger partial charge in [-0.25, -0.2) is 4.98 Å². The Kier molecular flexibility index (Phi) is 4.07. The van der Waals surface area contributed by atoms with E-state index < -0.39 is 0 Å². The lowest BCUT2D eigenvalue weighted by atomic mass is 10.0. The molecule has 0 fully saturated rings. The summed E-state index contributed by atoms with van der Waals surface area (Å²) in [6, 6.07) is 15.0. The minimum Gasteiger partial charge on any atom is -0.353 e. The van der Waals surface area contributed by atoms with Crippen molar-refractivity contribution in [1.29, 1.82) is 0 Å². The lowest BCUT2D eigenvalue weighted by molar-refractivity contribution is 0.737. The monoisotopic (exact) mass is 411 g/mol. The van der Waals surface area contributed by atoms with E-state index in [-0.39, 0.29) is 0 Å². The smallest absolute Gasteiger partial charge is 0.135 e. The van der Waals surface area contributed by atoms with Crippen molar-refractivity contribution in [3.63, 3.8) is 0 Å². The first-order chi connectivity index (χ1) is 14.8. The Morgan fingerprint density at radius 2 is 2.10 bits per heavy atom. The maximum absolute atomic E-state index is 5.04. The van der Waals surface area contributed by atoms with Gasteiger partial charge >= 0.3 is 0 Å². The zero-order valence-corrected chi connectivity index (χ0v) is 17.5. The molecule has 0 amide bonds. The van der Waals surface area contributed by atoms with Crippen LogP contribution in [0.4, 0.5) is 0 Å². The number of pyridine rings is 1. The molecule has 0 saturated carbocycles. The second kappa shape index (κ2) is 6.93. The molecule has 4 aromatic heterocycles. The summed E-state index contributed by atoms with van der Waals surface area (Å²) in [6.07, 6.45) is 3.24. The Morgan fingerprint density at radius 1 is 1.13 bits per heavy atom. The van der Waals surface area contributed by atoms with Gasteiger partial charge in [-0.2, -0.15) is 16.4 Å². The molecule has 1 aliphatic heterocycles. The number of aryl methyl sites for hydroxylation is 1. The van der Waals surface area contributed by atoms with Gasteiger partial charge in [-0.1, -0.05) is 18.2 Å². The first kappa shape index (κ1) is 17.6. The van der Waals surface area contributed by atoms with E-state index in [1.807, 2.05) is 11.7 Å². The Morgan fingerprint density at radius 3 is 2.93 bits per heavy atom. The standard InChI is InChI=1S/C24H21N5S/c1-29-22-6-5-19(15-7-10-25-11-8-15)27-24(22)23(28-29)21-13-18-17(16-9-12-30-14-16)3-2-4-20(18)26-21/h2-7,9,12-14,25-26H,8,10-11H2,1H3. The predicted octanol–water partition coefficient (Wildman–Crippen LogP) is 5.22. The van der Waals surface area contributed by atoms with Crippen LogP contribution in [-0.2, 0) is 7.05 Å². The van der Waals surface area contributed by atoms with Crippen molar-refractivity contribution in [2.24, 2.45) is 7.05 Å². The Balaban J connectivity index is 1.53. The van der Waals surface area contributed by atoms with Gasteiger partial charge in [0.05, 0.1) is 16.9 Å². The summed E-state index contributed by atoms with van der Waals surface area (Å²) in [7, 11) is 1.98. The summed E-state index contributed by atoms with van der Waals surface area (Å²) in [6.45, 7) is 1.90. The van der Waals surface area contributed by atoms with Gasteiger partial charge in [0.25, 0.3) is 0 Å². The lowest BCUT2D eigenvalue weighted by Crippen LogP contribution is -2.20. The van der Waals surface area contributed by atoms with Crippen LogP contribution in [0.15, 0.2) is 59.3 Å². The first-order valence-electron chi connectivity index (χ1n) is 10.2. The molecule has 0 aliphatic carbocycles. The average Bonchev–Trinajstić information content (AvgIpc) is 3.53. The number of nitrogens with zero attached hydrogens (tertiary/aromatic N) is 3. The highest BCUT2D eigenvalue weighted by atomic mass is 32.1. The van der Waals surface area contributed by atoms with Gasteiger partial charge in [0, 0.05) is 24.5 Å². The summed E-state index contributed by atoms with van der Waals surface area (Å²) in [4.78, 5) is 8.62. The topological polar surface area (TPSA) is 58.5 Å². The van der Waals surface area contributed by atoms with Crippen LogP contribution in [0.25, 0.3) is 50.0 Å². The zero-order chi connectivity index (χ0) is 20.1. The van der Waals surface area contributed by atoms with E-state index in [2.05, 4.69) is 69.6 Å². The van der Waals surface area contributed by atoms with E-state index in [1.165, 1.54) is 22.1 Å². The predicted molar refractivity (Wildman–Crippen MR) is 125 cm³/mol. The minimum absolute atomic E-state index is 0.899. The molecule has 6 heteroatoms.